The van der Waals surface area contributed by atoms with Gasteiger partial charge in [0.2, 0.25) is 5.91 Å². The first-order valence-corrected chi connectivity index (χ1v) is 7.15. The zero-order valence-corrected chi connectivity index (χ0v) is 11.3. The maximum Gasteiger partial charge on any atom is 0.242 e. The Labute approximate surface area is 114 Å². The normalized spacial score (nSPS) is 20.0. The lowest BCUT2D eigenvalue weighted by molar-refractivity contribution is -0.117. The van der Waals surface area contributed by atoms with E-state index in [1.807, 2.05) is 0 Å². The highest BCUT2D eigenvalue weighted by atomic mass is 35.5. The van der Waals surface area contributed by atoms with Crippen LogP contribution in [0.25, 0.3) is 0 Å². The summed E-state index contributed by atoms with van der Waals surface area (Å²) in [6, 6.07) is 5.02. The fraction of sp³-hybridized carbons (Fsp3) is 0.364. The van der Waals surface area contributed by atoms with Crippen LogP contribution in [0.5, 0.6) is 0 Å². The van der Waals surface area contributed by atoms with Gasteiger partial charge in [-0.15, -0.1) is 0 Å². The van der Waals surface area contributed by atoms with Crippen molar-refractivity contribution >= 4 is 46.6 Å². The summed E-state index contributed by atoms with van der Waals surface area (Å²) in [5.74, 6) is 1.76. The van der Waals surface area contributed by atoms with Gasteiger partial charge in [-0.3, -0.25) is 4.79 Å². The molecule has 3 nitrogen and oxygen atoms in total. The van der Waals surface area contributed by atoms with E-state index >= 15 is 0 Å². The Balaban J connectivity index is 2.04. The minimum atomic E-state index is -0.163. The van der Waals surface area contributed by atoms with Gasteiger partial charge < -0.3 is 10.6 Å². The van der Waals surface area contributed by atoms with Gasteiger partial charge in [-0.2, -0.15) is 11.8 Å². The van der Waals surface area contributed by atoms with Gasteiger partial charge in [-0.05, 0) is 12.1 Å². The lowest BCUT2D eigenvalue weighted by Crippen LogP contribution is -2.46. The van der Waals surface area contributed by atoms with Crippen LogP contribution in [0.15, 0.2) is 18.2 Å². The number of benzene rings is 1. The summed E-state index contributed by atoms with van der Waals surface area (Å²) in [5.41, 5.74) is 0.557. The van der Waals surface area contributed by atoms with E-state index in [-0.39, 0.29) is 11.9 Å². The Kier molecular flexibility index (Phi) is 4.56. The molecule has 1 fully saturated rings. The van der Waals surface area contributed by atoms with Gasteiger partial charge in [0, 0.05) is 18.1 Å². The summed E-state index contributed by atoms with van der Waals surface area (Å²) in [6.45, 7) is 0.853. The number of carbonyl (C=O) groups excluding carboxylic acids is 1. The minimum absolute atomic E-state index is 0.0682. The molecule has 1 unspecified atom stereocenters. The van der Waals surface area contributed by atoms with Crippen LogP contribution in [0.1, 0.15) is 0 Å². The molecule has 1 saturated heterocycles. The Morgan fingerprint density at radius 2 is 2.29 bits per heavy atom. The first kappa shape index (κ1) is 13.0. The molecule has 2 N–H and O–H groups in total. The second-order valence-corrected chi connectivity index (χ2v) is 5.61. The number of hydrogen-bond donors (Lipinski definition) is 2. The zero-order valence-electron chi connectivity index (χ0n) is 9.00. The molecule has 0 radical (unpaired) electrons. The number of hydrogen-bond acceptors (Lipinski definition) is 3. The maximum absolute atomic E-state index is 11.9. The summed E-state index contributed by atoms with van der Waals surface area (Å²) in [7, 11) is 0. The van der Waals surface area contributed by atoms with Crippen LogP contribution in [0.2, 0.25) is 10.0 Å². The van der Waals surface area contributed by atoms with E-state index in [1.54, 1.807) is 30.0 Å². The van der Waals surface area contributed by atoms with Crippen LogP contribution < -0.4 is 10.6 Å². The minimum Gasteiger partial charge on any atom is -0.323 e. The fourth-order valence-electron chi connectivity index (χ4n) is 1.55. The number of anilines is 1. The van der Waals surface area contributed by atoms with Crippen molar-refractivity contribution in [3.05, 3.63) is 28.2 Å². The SMILES string of the molecule is O=C(Nc1cccc(Cl)c1Cl)C1CSCCN1. The number of carbonyl (C=O) groups is 1. The van der Waals surface area contributed by atoms with E-state index in [1.165, 1.54) is 0 Å². The van der Waals surface area contributed by atoms with Crippen LogP contribution in [0.3, 0.4) is 0 Å². The maximum atomic E-state index is 11.9. The molecule has 0 saturated carbocycles. The average Bonchev–Trinajstić information content (AvgIpc) is 2.36. The molecule has 1 amide bonds. The molecule has 6 heteroatoms. The molecule has 0 bridgehead atoms. The lowest BCUT2D eigenvalue weighted by atomic mass is 10.2. The first-order valence-electron chi connectivity index (χ1n) is 5.24. The van der Waals surface area contributed by atoms with Gasteiger partial charge in [0.25, 0.3) is 0 Å². The van der Waals surface area contributed by atoms with Crippen LogP contribution in [0.4, 0.5) is 5.69 Å². The van der Waals surface area contributed by atoms with E-state index in [2.05, 4.69) is 10.6 Å². The predicted octanol–water partition coefficient (Wildman–Crippen LogP) is 2.64. The van der Waals surface area contributed by atoms with E-state index in [4.69, 9.17) is 23.2 Å². The molecule has 0 spiro atoms. The lowest BCUT2D eigenvalue weighted by Gasteiger charge is -2.22. The molecule has 0 aliphatic carbocycles. The number of rotatable bonds is 2. The summed E-state index contributed by atoms with van der Waals surface area (Å²) in [4.78, 5) is 11.9. The molecule has 1 aromatic rings. The molecule has 1 atom stereocenters. The van der Waals surface area contributed by atoms with Crippen LogP contribution >= 0.6 is 35.0 Å². The Hall–Kier alpha value is -0.420. The van der Waals surface area contributed by atoms with Crippen molar-refractivity contribution in [3.8, 4) is 0 Å². The highest BCUT2D eigenvalue weighted by molar-refractivity contribution is 7.99. The summed E-state index contributed by atoms with van der Waals surface area (Å²) in [6.07, 6.45) is 0. The van der Waals surface area contributed by atoms with Crippen molar-refractivity contribution in [3.63, 3.8) is 0 Å². The second-order valence-electron chi connectivity index (χ2n) is 3.67. The molecule has 1 aliphatic heterocycles. The van der Waals surface area contributed by atoms with Crippen molar-refractivity contribution < 1.29 is 4.79 Å². The van der Waals surface area contributed by atoms with Crippen molar-refractivity contribution in [2.24, 2.45) is 0 Å². The standard InChI is InChI=1S/C11H12Cl2N2OS/c12-7-2-1-3-8(10(7)13)15-11(16)9-6-17-5-4-14-9/h1-3,9,14H,4-6H2,(H,15,16). The van der Waals surface area contributed by atoms with Gasteiger partial charge in [-0.1, -0.05) is 29.3 Å². The molecule has 1 aliphatic rings. The number of nitrogens with one attached hydrogen (secondary N) is 2. The Bertz CT molecular complexity index is 422. The van der Waals surface area contributed by atoms with Gasteiger partial charge in [0.15, 0.2) is 0 Å². The molecule has 0 aromatic heterocycles. The largest absolute Gasteiger partial charge is 0.323 e. The summed E-state index contributed by atoms with van der Waals surface area (Å²) in [5, 5.41) is 6.77. The molecule has 17 heavy (non-hydrogen) atoms. The molecule has 2 rings (SSSR count). The van der Waals surface area contributed by atoms with E-state index in [0.29, 0.717) is 15.7 Å². The average molecular weight is 291 g/mol. The predicted molar refractivity (Wildman–Crippen MR) is 74.2 cm³/mol. The quantitative estimate of drug-likeness (QED) is 0.880. The van der Waals surface area contributed by atoms with Crippen molar-refractivity contribution in [2.45, 2.75) is 6.04 Å². The van der Waals surface area contributed by atoms with Gasteiger partial charge in [0.05, 0.1) is 21.8 Å². The topological polar surface area (TPSA) is 41.1 Å². The smallest absolute Gasteiger partial charge is 0.242 e. The van der Waals surface area contributed by atoms with Gasteiger partial charge in [-0.25, -0.2) is 0 Å². The van der Waals surface area contributed by atoms with Crippen LogP contribution in [0, 0.1) is 0 Å². The third-order valence-electron chi connectivity index (χ3n) is 2.45. The van der Waals surface area contributed by atoms with E-state index in [0.717, 1.165) is 18.1 Å². The molecular formula is C11H12Cl2N2OS. The zero-order chi connectivity index (χ0) is 12.3. The van der Waals surface area contributed by atoms with Crippen LogP contribution in [-0.2, 0) is 4.79 Å². The van der Waals surface area contributed by atoms with E-state index < -0.39 is 0 Å². The first-order chi connectivity index (χ1) is 8.18. The van der Waals surface area contributed by atoms with Crippen molar-refractivity contribution in [2.75, 3.05) is 23.4 Å². The summed E-state index contributed by atoms with van der Waals surface area (Å²) >= 11 is 13.7. The third-order valence-corrected chi connectivity index (χ3v) is 4.33. The summed E-state index contributed by atoms with van der Waals surface area (Å²) < 4.78 is 0. The third kappa shape index (κ3) is 3.28. The van der Waals surface area contributed by atoms with E-state index in [9.17, 15) is 4.79 Å². The Morgan fingerprint density at radius 3 is 3.00 bits per heavy atom. The van der Waals surface area contributed by atoms with Crippen LogP contribution in [-0.4, -0.2) is 30.0 Å². The highest BCUT2D eigenvalue weighted by Gasteiger charge is 2.21. The number of halogens is 2. The van der Waals surface area contributed by atoms with Crippen molar-refractivity contribution in [1.29, 1.82) is 0 Å². The molecule has 1 heterocycles. The number of amides is 1. The fourth-order valence-corrected chi connectivity index (χ4v) is 2.84. The second kappa shape index (κ2) is 5.96. The Morgan fingerprint density at radius 1 is 1.47 bits per heavy atom. The monoisotopic (exact) mass is 290 g/mol. The van der Waals surface area contributed by atoms with Gasteiger partial charge >= 0.3 is 0 Å². The number of thioether (sulfide) groups is 1. The van der Waals surface area contributed by atoms with Crippen molar-refractivity contribution in [1.82, 2.24) is 5.32 Å². The molecular weight excluding hydrogens is 279 g/mol. The molecule has 1 aromatic carbocycles. The highest BCUT2D eigenvalue weighted by Crippen LogP contribution is 2.29. The van der Waals surface area contributed by atoms with Gasteiger partial charge in [0.1, 0.15) is 0 Å². The molecule has 92 valence electrons.